The number of anilines is 1. The van der Waals surface area contributed by atoms with Gasteiger partial charge in [0.2, 0.25) is 5.91 Å². The zero-order valence-electron chi connectivity index (χ0n) is 15.1. The Bertz CT molecular complexity index is 696. The molecule has 2 heterocycles. The molecule has 0 N–H and O–H groups in total. The SMILES string of the molecule is COc1cc2c(cc1[N+](=O)[O-])N(CC(=O)N1CCCC1)CCC2(C)C. The first-order chi connectivity index (χ1) is 11.8. The molecular formula is C18H25N3O4. The number of hydrogen-bond donors (Lipinski definition) is 0. The summed E-state index contributed by atoms with van der Waals surface area (Å²) in [7, 11) is 1.44. The highest BCUT2D eigenvalue weighted by molar-refractivity contribution is 5.83. The number of carbonyl (C=O) groups is 1. The lowest BCUT2D eigenvalue weighted by Crippen LogP contribution is -2.44. The van der Waals surface area contributed by atoms with E-state index in [0.29, 0.717) is 6.54 Å². The highest BCUT2D eigenvalue weighted by Gasteiger charge is 2.35. The molecule has 25 heavy (non-hydrogen) atoms. The normalized spacial score (nSPS) is 18.8. The van der Waals surface area contributed by atoms with Gasteiger partial charge in [-0.2, -0.15) is 0 Å². The van der Waals surface area contributed by atoms with Crippen LogP contribution in [0.25, 0.3) is 0 Å². The minimum absolute atomic E-state index is 0.0578. The molecule has 1 aromatic carbocycles. The Hall–Kier alpha value is -2.31. The van der Waals surface area contributed by atoms with Crippen molar-refractivity contribution in [2.75, 3.05) is 38.2 Å². The Kier molecular flexibility index (Phi) is 4.58. The lowest BCUT2D eigenvalue weighted by atomic mass is 9.77. The molecule has 3 rings (SSSR count). The third kappa shape index (κ3) is 3.27. The van der Waals surface area contributed by atoms with Gasteiger partial charge in [0.15, 0.2) is 5.75 Å². The molecule has 0 radical (unpaired) electrons. The van der Waals surface area contributed by atoms with Crippen LogP contribution in [0.1, 0.15) is 38.7 Å². The number of likely N-dealkylation sites (tertiary alicyclic amines) is 1. The van der Waals surface area contributed by atoms with Crippen molar-refractivity contribution in [3.05, 3.63) is 27.8 Å². The van der Waals surface area contributed by atoms with Gasteiger partial charge in [0.1, 0.15) is 0 Å². The van der Waals surface area contributed by atoms with Crippen molar-refractivity contribution in [1.82, 2.24) is 4.90 Å². The molecule has 1 aromatic rings. The third-order valence-corrected chi connectivity index (χ3v) is 5.36. The molecule has 1 saturated heterocycles. The molecule has 2 aliphatic heterocycles. The van der Waals surface area contributed by atoms with Crippen LogP contribution in [0.3, 0.4) is 0 Å². The van der Waals surface area contributed by atoms with Gasteiger partial charge >= 0.3 is 5.69 Å². The maximum Gasteiger partial charge on any atom is 0.312 e. The van der Waals surface area contributed by atoms with E-state index in [0.717, 1.165) is 43.6 Å². The average molecular weight is 347 g/mol. The van der Waals surface area contributed by atoms with Crippen molar-refractivity contribution in [2.45, 2.75) is 38.5 Å². The van der Waals surface area contributed by atoms with Crippen molar-refractivity contribution >= 4 is 17.3 Å². The summed E-state index contributed by atoms with van der Waals surface area (Å²) < 4.78 is 5.23. The van der Waals surface area contributed by atoms with Gasteiger partial charge in [-0.05, 0) is 36.3 Å². The van der Waals surface area contributed by atoms with Gasteiger partial charge in [0.25, 0.3) is 0 Å². The predicted molar refractivity (Wildman–Crippen MR) is 95.3 cm³/mol. The lowest BCUT2D eigenvalue weighted by molar-refractivity contribution is -0.385. The van der Waals surface area contributed by atoms with Gasteiger partial charge < -0.3 is 14.5 Å². The van der Waals surface area contributed by atoms with Crippen molar-refractivity contribution in [3.8, 4) is 5.75 Å². The molecule has 2 aliphatic rings. The minimum atomic E-state index is -0.429. The number of nitro benzene ring substituents is 1. The summed E-state index contributed by atoms with van der Waals surface area (Å²) >= 11 is 0. The molecule has 0 bridgehead atoms. The number of hydrogen-bond acceptors (Lipinski definition) is 5. The molecule has 0 aromatic heterocycles. The number of nitrogens with zero attached hydrogens (tertiary/aromatic N) is 3. The van der Waals surface area contributed by atoms with Crippen molar-refractivity contribution in [3.63, 3.8) is 0 Å². The van der Waals surface area contributed by atoms with E-state index in [1.54, 1.807) is 12.1 Å². The molecule has 0 unspecified atom stereocenters. The minimum Gasteiger partial charge on any atom is -0.490 e. The van der Waals surface area contributed by atoms with Gasteiger partial charge in [-0.15, -0.1) is 0 Å². The first-order valence-corrected chi connectivity index (χ1v) is 8.73. The highest BCUT2D eigenvalue weighted by atomic mass is 16.6. The first-order valence-electron chi connectivity index (χ1n) is 8.73. The van der Waals surface area contributed by atoms with Crippen LogP contribution in [0.4, 0.5) is 11.4 Å². The van der Waals surface area contributed by atoms with Crippen LogP contribution in [0, 0.1) is 10.1 Å². The summed E-state index contributed by atoms with van der Waals surface area (Å²) in [5, 5.41) is 11.4. The zero-order chi connectivity index (χ0) is 18.2. The summed E-state index contributed by atoms with van der Waals surface area (Å²) in [6, 6.07) is 3.33. The second kappa shape index (κ2) is 6.54. The Morgan fingerprint density at radius 2 is 1.96 bits per heavy atom. The number of fused-ring (bicyclic) bond motifs is 1. The molecule has 1 amide bonds. The molecule has 0 saturated carbocycles. The quantitative estimate of drug-likeness (QED) is 0.618. The van der Waals surface area contributed by atoms with Gasteiger partial charge in [0, 0.05) is 31.4 Å². The monoisotopic (exact) mass is 347 g/mol. The number of nitro groups is 1. The molecular weight excluding hydrogens is 322 g/mol. The summed E-state index contributed by atoms with van der Waals surface area (Å²) in [6.07, 6.45) is 2.99. The van der Waals surface area contributed by atoms with E-state index >= 15 is 0 Å². The summed E-state index contributed by atoms with van der Waals surface area (Å²) in [6.45, 7) is 6.85. The van der Waals surface area contributed by atoms with E-state index in [-0.39, 0.29) is 29.3 Å². The van der Waals surface area contributed by atoms with Gasteiger partial charge in [-0.1, -0.05) is 13.8 Å². The van der Waals surface area contributed by atoms with Crippen molar-refractivity contribution in [2.24, 2.45) is 0 Å². The Morgan fingerprint density at radius 1 is 1.28 bits per heavy atom. The molecule has 136 valence electrons. The van der Waals surface area contributed by atoms with Crippen LogP contribution in [0.5, 0.6) is 5.75 Å². The number of amides is 1. The standard InChI is InChI=1S/C18H25N3O4/c1-18(2)6-9-20(12-17(22)19-7-4-5-8-19)14-11-15(21(23)24)16(25-3)10-13(14)18/h10-11H,4-9,12H2,1-3H3. The average Bonchev–Trinajstić information content (AvgIpc) is 3.11. The van der Waals surface area contributed by atoms with Crippen LogP contribution in [0.2, 0.25) is 0 Å². The highest BCUT2D eigenvalue weighted by Crippen LogP contribution is 2.45. The largest absolute Gasteiger partial charge is 0.490 e. The number of benzene rings is 1. The third-order valence-electron chi connectivity index (χ3n) is 5.36. The number of ether oxygens (including phenoxy) is 1. The van der Waals surface area contributed by atoms with Crippen LogP contribution in [0.15, 0.2) is 12.1 Å². The van der Waals surface area contributed by atoms with Crippen LogP contribution in [-0.2, 0) is 10.2 Å². The smallest absolute Gasteiger partial charge is 0.312 e. The van der Waals surface area contributed by atoms with E-state index < -0.39 is 4.92 Å². The maximum absolute atomic E-state index is 12.6. The maximum atomic E-state index is 12.6. The number of carbonyl (C=O) groups excluding carboxylic acids is 1. The Morgan fingerprint density at radius 3 is 2.56 bits per heavy atom. The summed E-state index contributed by atoms with van der Waals surface area (Å²) in [4.78, 5) is 27.4. The lowest BCUT2D eigenvalue weighted by Gasteiger charge is -2.40. The van der Waals surface area contributed by atoms with Crippen molar-refractivity contribution in [1.29, 1.82) is 0 Å². The van der Waals surface area contributed by atoms with Crippen LogP contribution >= 0.6 is 0 Å². The zero-order valence-corrected chi connectivity index (χ0v) is 15.1. The topological polar surface area (TPSA) is 75.9 Å². The number of methoxy groups -OCH3 is 1. The summed E-state index contributed by atoms with van der Waals surface area (Å²) in [5.41, 5.74) is 1.59. The molecule has 7 nitrogen and oxygen atoms in total. The number of rotatable bonds is 4. The fourth-order valence-electron chi connectivity index (χ4n) is 3.73. The molecule has 7 heteroatoms. The summed E-state index contributed by atoms with van der Waals surface area (Å²) in [5.74, 6) is 0.367. The van der Waals surface area contributed by atoms with E-state index in [1.807, 2.05) is 9.80 Å². The molecule has 0 atom stereocenters. The van der Waals surface area contributed by atoms with Gasteiger partial charge in [-0.25, -0.2) is 0 Å². The second-order valence-corrected chi connectivity index (χ2v) is 7.44. The Labute approximate surface area is 147 Å². The van der Waals surface area contributed by atoms with Gasteiger partial charge in [0.05, 0.1) is 18.6 Å². The van der Waals surface area contributed by atoms with Gasteiger partial charge in [-0.3, -0.25) is 14.9 Å². The molecule has 1 fully saturated rings. The van der Waals surface area contributed by atoms with Crippen molar-refractivity contribution < 1.29 is 14.5 Å². The Balaban J connectivity index is 1.97. The van der Waals surface area contributed by atoms with E-state index in [1.165, 1.54) is 7.11 Å². The fourth-order valence-corrected chi connectivity index (χ4v) is 3.73. The molecule has 0 aliphatic carbocycles. The second-order valence-electron chi connectivity index (χ2n) is 7.44. The van der Waals surface area contributed by atoms with E-state index in [4.69, 9.17) is 4.74 Å². The van der Waals surface area contributed by atoms with E-state index in [2.05, 4.69) is 13.8 Å². The predicted octanol–water partition coefficient (Wildman–Crippen LogP) is 2.71. The van der Waals surface area contributed by atoms with E-state index in [9.17, 15) is 14.9 Å². The first kappa shape index (κ1) is 17.5. The van der Waals surface area contributed by atoms with Crippen LogP contribution < -0.4 is 9.64 Å². The fraction of sp³-hybridized carbons (Fsp3) is 0.611. The van der Waals surface area contributed by atoms with Crippen LogP contribution in [-0.4, -0.2) is 49.0 Å². The molecule has 0 spiro atoms.